The molecule has 0 aromatic heterocycles. The summed E-state index contributed by atoms with van der Waals surface area (Å²) in [6, 6.07) is 15.0. The molecule has 0 spiro atoms. The smallest absolute Gasteiger partial charge is 0.417 e. The molecule has 40 heavy (non-hydrogen) atoms. The summed E-state index contributed by atoms with van der Waals surface area (Å²) in [5, 5.41) is 2.26. The monoisotopic (exact) mass is 567 g/mol. The van der Waals surface area contributed by atoms with Crippen molar-refractivity contribution in [2.24, 2.45) is 11.8 Å². The molecule has 2 fully saturated rings. The average Bonchev–Trinajstić information content (AvgIpc) is 3.41. The van der Waals surface area contributed by atoms with Gasteiger partial charge in [0.15, 0.2) is 0 Å². The lowest BCUT2D eigenvalue weighted by Crippen LogP contribution is -2.46. The molecule has 0 saturated carbocycles. The van der Waals surface area contributed by atoms with Crippen LogP contribution in [0, 0.1) is 11.8 Å². The fraction of sp³-hybridized carbons (Fsp3) is 0.207. The highest BCUT2D eigenvalue weighted by atomic mass is 35.5. The second kappa shape index (κ2) is 9.41. The van der Waals surface area contributed by atoms with E-state index in [4.69, 9.17) is 16.3 Å². The fourth-order valence-corrected chi connectivity index (χ4v) is 6.10. The second-order valence-electron chi connectivity index (χ2n) is 9.72. The van der Waals surface area contributed by atoms with Crippen molar-refractivity contribution in [3.8, 4) is 5.75 Å². The molecule has 3 amide bonds. The number of imide groups is 1. The summed E-state index contributed by atoms with van der Waals surface area (Å²) in [6.07, 6.45) is -1.29. The molecule has 3 heterocycles. The van der Waals surface area contributed by atoms with Gasteiger partial charge in [-0.1, -0.05) is 35.9 Å². The van der Waals surface area contributed by atoms with E-state index in [1.54, 1.807) is 41.4 Å². The third-order valence-corrected chi connectivity index (χ3v) is 7.93. The van der Waals surface area contributed by atoms with E-state index in [1.165, 1.54) is 13.2 Å². The molecule has 3 aromatic rings. The van der Waals surface area contributed by atoms with Crippen molar-refractivity contribution in [2.45, 2.75) is 18.3 Å². The number of carbonyl (C=O) groups is 3. The molecular weight excluding hydrogens is 547 g/mol. The number of hydrogen-bond donors (Lipinski definition) is 1. The molecule has 1 N–H and O–H groups in total. The van der Waals surface area contributed by atoms with Crippen molar-refractivity contribution in [3.05, 3.63) is 94.6 Å². The van der Waals surface area contributed by atoms with Crippen LogP contribution < -0.4 is 15.0 Å². The van der Waals surface area contributed by atoms with Crippen LogP contribution in [0.2, 0.25) is 5.02 Å². The molecule has 0 aliphatic carbocycles. The Morgan fingerprint density at radius 1 is 0.975 bits per heavy atom. The van der Waals surface area contributed by atoms with Gasteiger partial charge in [0.05, 0.1) is 41.3 Å². The van der Waals surface area contributed by atoms with Crippen LogP contribution in [0.1, 0.15) is 22.7 Å². The second-order valence-corrected chi connectivity index (χ2v) is 10.1. The summed E-state index contributed by atoms with van der Waals surface area (Å²) < 4.78 is 46.0. The topological polar surface area (TPSA) is 79.0 Å². The lowest BCUT2D eigenvalue weighted by molar-refractivity contribution is -0.137. The van der Waals surface area contributed by atoms with Crippen molar-refractivity contribution in [2.75, 3.05) is 17.3 Å². The summed E-state index contributed by atoms with van der Waals surface area (Å²) in [5.74, 6) is -3.51. The van der Waals surface area contributed by atoms with Crippen molar-refractivity contribution < 1.29 is 32.3 Å². The Morgan fingerprint density at radius 3 is 2.38 bits per heavy atom. The number of hydrogen-bond acceptors (Lipinski definition) is 5. The molecule has 6 rings (SSSR count). The number of benzene rings is 3. The molecule has 0 bridgehead atoms. The number of anilines is 2. The number of fused-ring (bicyclic) bond motifs is 5. The lowest BCUT2D eigenvalue weighted by atomic mass is 9.84. The first-order valence-electron chi connectivity index (χ1n) is 12.3. The van der Waals surface area contributed by atoms with Crippen molar-refractivity contribution in [1.29, 1.82) is 0 Å². The van der Waals surface area contributed by atoms with Gasteiger partial charge in [-0.2, -0.15) is 13.2 Å². The Hall–Kier alpha value is -4.31. The van der Waals surface area contributed by atoms with E-state index in [9.17, 15) is 27.6 Å². The number of ether oxygens (including phenoxy) is 1. The van der Waals surface area contributed by atoms with Crippen molar-refractivity contribution in [3.63, 3.8) is 0 Å². The number of halogens is 4. The van der Waals surface area contributed by atoms with Crippen LogP contribution in [0.25, 0.3) is 6.08 Å². The van der Waals surface area contributed by atoms with Gasteiger partial charge in [0, 0.05) is 11.9 Å². The van der Waals surface area contributed by atoms with E-state index in [0.717, 1.165) is 22.1 Å². The Balaban J connectivity index is 1.42. The highest BCUT2D eigenvalue weighted by Gasteiger charge is 2.64. The summed E-state index contributed by atoms with van der Waals surface area (Å²) in [4.78, 5) is 44.0. The van der Waals surface area contributed by atoms with Crippen LogP contribution in [0.4, 0.5) is 24.5 Å². The number of carbonyl (C=O) groups excluding carboxylic acids is 3. The third kappa shape index (κ3) is 4.02. The van der Waals surface area contributed by atoms with E-state index in [-0.39, 0.29) is 5.69 Å². The Labute approximate surface area is 231 Å². The number of amides is 3. The average molecular weight is 568 g/mol. The number of alkyl halides is 3. The van der Waals surface area contributed by atoms with Gasteiger partial charge >= 0.3 is 6.18 Å². The predicted octanol–water partition coefficient (Wildman–Crippen LogP) is 5.52. The minimum Gasteiger partial charge on any atom is -0.497 e. The number of nitrogens with zero attached hydrogens (tertiary/aromatic N) is 2. The van der Waals surface area contributed by atoms with Crippen LogP contribution in [0.15, 0.2) is 72.9 Å². The molecular formula is C29H21ClF3N3O4. The molecule has 0 radical (unpaired) electrons. The van der Waals surface area contributed by atoms with Gasteiger partial charge < -0.3 is 15.0 Å². The highest BCUT2D eigenvalue weighted by molar-refractivity contribution is 6.32. The number of rotatable bonds is 4. The van der Waals surface area contributed by atoms with E-state index in [0.29, 0.717) is 17.5 Å². The molecule has 11 heteroatoms. The molecule has 4 atom stereocenters. The van der Waals surface area contributed by atoms with E-state index in [1.807, 2.05) is 24.3 Å². The first-order valence-corrected chi connectivity index (χ1v) is 12.7. The van der Waals surface area contributed by atoms with Gasteiger partial charge in [-0.05, 0) is 59.7 Å². The van der Waals surface area contributed by atoms with Crippen LogP contribution in [-0.4, -0.2) is 35.8 Å². The standard InChI is InChI=1S/C29H21ClF3N3O4/c1-40-18-9-6-16(7-10-18)34-26(37)25-23-22(24-19-5-3-2-4-15(19)12-13-35(24)25)27(38)36(28(23)39)17-8-11-21(30)20(14-17)29(31,32)33/h2-14,22-25H,1H3,(H,34,37)/t22-,23-,24+,25+/m1/s1. The molecule has 204 valence electrons. The zero-order chi connectivity index (χ0) is 28.3. The summed E-state index contributed by atoms with van der Waals surface area (Å²) in [5.41, 5.74) is 0.610. The summed E-state index contributed by atoms with van der Waals surface area (Å²) in [6.45, 7) is 0. The maximum Gasteiger partial charge on any atom is 0.417 e. The minimum atomic E-state index is -4.79. The highest BCUT2D eigenvalue weighted by Crippen LogP contribution is 2.53. The minimum absolute atomic E-state index is 0.248. The molecule has 3 aromatic carbocycles. The van der Waals surface area contributed by atoms with Gasteiger partial charge in [0.1, 0.15) is 11.8 Å². The number of nitrogens with one attached hydrogen (secondary N) is 1. The molecule has 0 unspecified atom stereocenters. The van der Waals surface area contributed by atoms with Gasteiger partial charge in [-0.3, -0.25) is 14.4 Å². The maximum absolute atomic E-state index is 13.9. The van der Waals surface area contributed by atoms with Crippen molar-refractivity contribution >= 4 is 46.8 Å². The van der Waals surface area contributed by atoms with Gasteiger partial charge in [-0.15, -0.1) is 0 Å². The Kier molecular flexibility index (Phi) is 6.10. The fourth-order valence-electron chi connectivity index (χ4n) is 5.87. The number of methoxy groups -OCH3 is 1. The third-order valence-electron chi connectivity index (χ3n) is 7.60. The first-order chi connectivity index (χ1) is 19.1. The van der Waals surface area contributed by atoms with Crippen LogP contribution in [0.3, 0.4) is 0 Å². The van der Waals surface area contributed by atoms with E-state index in [2.05, 4.69) is 5.32 Å². The first kappa shape index (κ1) is 25.9. The summed E-state index contributed by atoms with van der Waals surface area (Å²) >= 11 is 5.78. The zero-order valence-electron chi connectivity index (χ0n) is 20.9. The van der Waals surface area contributed by atoms with Crippen LogP contribution in [-0.2, 0) is 20.6 Å². The maximum atomic E-state index is 13.9. The molecule has 3 aliphatic rings. The molecule has 3 aliphatic heterocycles. The quantitative estimate of drug-likeness (QED) is 0.420. The lowest BCUT2D eigenvalue weighted by Gasteiger charge is -2.35. The largest absolute Gasteiger partial charge is 0.497 e. The van der Waals surface area contributed by atoms with Gasteiger partial charge in [0.25, 0.3) is 0 Å². The van der Waals surface area contributed by atoms with Gasteiger partial charge in [0.2, 0.25) is 17.7 Å². The Morgan fingerprint density at radius 2 is 1.68 bits per heavy atom. The Bertz CT molecular complexity index is 1570. The normalized spacial score (nSPS) is 23.1. The van der Waals surface area contributed by atoms with E-state index < -0.39 is 58.4 Å². The van der Waals surface area contributed by atoms with Crippen LogP contribution in [0.5, 0.6) is 5.75 Å². The van der Waals surface area contributed by atoms with Crippen LogP contribution >= 0.6 is 11.6 Å². The van der Waals surface area contributed by atoms with Gasteiger partial charge in [-0.25, -0.2) is 4.90 Å². The van der Waals surface area contributed by atoms with E-state index >= 15 is 0 Å². The zero-order valence-corrected chi connectivity index (χ0v) is 21.6. The predicted molar refractivity (Wildman–Crippen MR) is 141 cm³/mol. The van der Waals surface area contributed by atoms with Crippen molar-refractivity contribution in [1.82, 2.24) is 4.90 Å². The SMILES string of the molecule is COc1ccc(NC(=O)[C@@H]2[C@@H]3C(=O)N(c4ccc(Cl)c(C(F)(F)F)c4)C(=O)[C@H]3[C@@H]3c4ccccc4C=CN23)cc1. The summed E-state index contributed by atoms with van der Waals surface area (Å²) in [7, 11) is 1.51. The molecule has 7 nitrogen and oxygen atoms in total. The molecule has 2 saturated heterocycles.